The molecule has 0 aromatic carbocycles. The van der Waals surface area contributed by atoms with E-state index in [4.69, 9.17) is 0 Å². The molecule has 2 atom stereocenters. The molecule has 0 bridgehead atoms. The van der Waals surface area contributed by atoms with Crippen LogP contribution in [0, 0.1) is 11.8 Å². The summed E-state index contributed by atoms with van der Waals surface area (Å²) < 4.78 is 0. The predicted octanol–water partition coefficient (Wildman–Crippen LogP) is 2.58. The van der Waals surface area contributed by atoms with Crippen LogP contribution in [0.5, 0.6) is 0 Å². The lowest BCUT2D eigenvalue weighted by Gasteiger charge is -2.28. The molecular formula is C15H27NO2. The zero-order chi connectivity index (χ0) is 13.2. The highest BCUT2D eigenvalue weighted by Crippen LogP contribution is 2.33. The van der Waals surface area contributed by atoms with Crippen molar-refractivity contribution < 1.29 is 9.90 Å². The van der Waals surface area contributed by atoms with E-state index < -0.39 is 5.60 Å². The van der Waals surface area contributed by atoms with E-state index in [1.54, 1.807) is 0 Å². The minimum atomic E-state index is -0.696. The molecule has 1 N–H and O–H groups in total. The lowest BCUT2D eigenvalue weighted by molar-refractivity contribution is -0.136. The maximum atomic E-state index is 12.3. The predicted molar refractivity (Wildman–Crippen MR) is 72.2 cm³/mol. The molecule has 0 spiro atoms. The summed E-state index contributed by atoms with van der Waals surface area (Å²) in [5.74, 6) is 1.47. The van der Waals surface area contributed by atoms with Crippen LogP contribution in [0.1, 0.15) is 58.8 Å². The van der Waals surface area contributed by atoms with Crippen molar-refractivity contribution in [2.45, 2.75) is 64.4 Å². The van der Waals surface area contributed by atoms with Gasteiger partial charge in [0.15, 0.2) is 0 Å². The molecule has 3 nitrogen and oxygen atoms in total. The molecule has 1 saturated heterocycles. The molecule has 1 amide bonds. The number of nitrogens with zero attached hydrogens (tertiary/aromatic N) is 1. The van der Waals surface area contributed by atoms with Crippen LogP contribution in [0.2, 0.25) is 0 Å². The van der Waals surface area contributed by atoms with Gasteiger partial charge in [0, 0.05) is 13.1 Å². The molecule has 2 fully saturated rings. The summed E-state index contributed by atoms with van der Waals surface area (Å²) in [6, 6.07) is 0. The van der Waals surface area contributed by atoms with Crippen LogP contribution >= 0.6 is 0 Å². The summed E-state index contributed by atoms with van der Waals surface area (Å²) in [4.78, 5) is 14.3. The van der Waals surface area contributed by atoms with E-state index in [0.29, 0.717) is 18.3 Å². The lowest BCUT2D eigenvalue weighted by Crippen LogP contribution is -2.39. The molecule has 0 radical (unpaired) electrons. The number of hydrogen-bond donors (Lipinski definition) is 1. The maximum absolute atomic E-state index is 12.3. The second-order valence-corrected chi connectivity index (χ2v) is 6.68. The summed E-state index contributed by atoms with van der Waals surface area (Å²) in [7, 11) is 0. The van der Waals surface area contributed by atoms with Gasteiger partial charge in [-0.05, 0) is 37.5 Å². The van der Waals surface area contributed by atoms with E-state index in [-0.39, 0.29) is 5.91 Å². The smallest absolute Gasteiger partial charge is 0.225 e. The van der Waals surface area contributed by atoms with Crippen LogP contribution in [-0.4, -0.2) is 34.6 Å². The van der Waals surface area contributed by atoms with Crippen molar-refractivity contribution in [1.82, 2.24) is 4.90 Å². The number of carbonyl (C=O) groups excluding carboxylic acids is 1. The van der Waals surface area contributed by atoms with Gasteiger partial charge >= 0.3 is 0 Å². The van der Waals surface area contributed by atoms with Gasteiger partial charge in [-0.1, -0.05) is 26.7 Å². The third kappa shape index (κ3) is 3.47. The van der Waals surface area contributed by atoms with E-state index in [9.17, 15) is 9.90 Å². The minimum absolute atomic E-state index is 0.167. The Morgan fingerprint density at radius 3 is 2.61 bits per heavy atom. The van der Waals surface area contributed by atoms with Crippen LogP contribution < -0.4 is 0 Å². The van der Waals surface area contributed by atoms with Crippen molar-refractivity contribution in [3.8, 4) is 0 Å². The van der Waals surface area contributed by atoms with Crippen molar-refractivity contribution in [2.24, 2.45) is 11.8 Å². The Morgan fingerprint density at radius 2 is 1.94 bits per heavy atom. The van der Waals surface area contributed by atoms with Gasteiger partial charge in [-0.2, -0.15) is 0 Å². The topological polar surface area (TPSA) is 40.5 Å². The molecule has 0 aromatic heterocycles. The van der Waals surface area contributed by atoms with E-state index in [0.717, 1.165) is 45.2 Å². The average molecular weight is 253 g/mol. The number of aliphatic hydroxyl groups is 1. The molecule has 1 heterocycles. The average Bonchev–Trinajstić information content (AvgIpc) is 2.62. The van der Waals surface area contributed by atoms with Gasteiger partial charge in [0.2, 0.25) is 5.91 Å². The fraction of sp³-hybridized carbons (Fsp3) is 0.933. The molecule has 18 heavy (non-hydrogen) atoms. The Hall–Kier alpha value is -0.570. The summed E-state index contributed by atoms with van der Waals surface area (Å²) in [6.45, 7) is 6.25. The Kier molecular flexibility index (Phi) is 4.31. The minimum Gasteiger partial charge on any atom is -0.389 e. The maximum Gasteiger partial charge on any atom is 0.225 e. The molecule has 1 aliphatic heterocycles. The molecule has 2 aliphatic rings. The van der Waals surface area contributed by atoms with Crippen LogP contribution in [0.3, 0.4) is 0 Å². The SMILES string of the molecule is CC1CCN(C(=O)CC2(O)CCCC2)CC(C)C1. The molecule has 2 unspecified atom stereocenters. The van der Waals surface area contributed by atoms with E-state index in [1.807, 2.05) is 4.90 Å². The van der Waals surface area contributed by atoms with Gasteiger partial charge in [-0.3, -0.25) is 4.79 Å². The first-order valence-electron chi connectivity index (χ1n) is 7.49. The van der Waals surface area contributed by atoms with Gasteiger partial charge < -0.3 is 10.0 Å². The van der Waals surface area contributed by atoms with Crippen LogP contribution in [0.15, 0.2) is 0 Å². The highest BCUT2D eigenvalue weighted by Gasteiger charge is 2.35. The van der Waals surface area contributed by atoms with E-state index in [1.165, 1.54) is 6.42 Å². The molecule has 104 valence electrons. The zero-order valence-corrected chi connectivity index (χ0v) is 11.8. The van der Waals surface area contributed by atoms with Gasteiger partial charge in [0.1, 0.15) is 0 Å². The van der Waals surface area contributed by atoms with E-state index in [2.05, 4.69) is 13.8 Å². The lowest BCUT2D eigenvalue weighted by atomic mass is 9.96. The third-order valence-corrected chi connectivity index (χ3v) is 4.60. The highest BCUT2D eigenvalue weighted by molar-refractivity contribution is 5.77. The second kappa shape index (κ2) is 5.60. The number of amides is 1. The third-order valence-electron chi connectivity index (χ3n) is 4.60. The first-order chi connectivity index (χ1) is 8.48. The molecular weight excluding hydrogens is 226 g/mol. The van der Waals surface area contributed by atoms with Gasteiger partial charge in [-0.25, -0.2) is 0 Å². The van der Waals surface area contributed by atoms with Crippen LogP contribution in [0.4, 0.5) is 0 Å². The molecule has 3 heteroatoms. The number of hydrogen-bond acceptors (Lipinski definition) is 2. The van der Waals surface area contributed by atoms with Gasteiger partial charge in [0.05, 0.1) is 12.0 Å². The van der Waals surface area contributed by atoms with Crippen molar-refractivity contribution in [1.29, 1.82) is 0 Å². The summed E-state index contributed by atoms with van der Waals surface area (Å²) in [5.41, 5.74) is -0.696. The van der Waals surface area contributed by atoms with E-state index >= 15 is 0 Å². The van der Waals surface area contributed by atoms with Crippen LogP contribution in [-0.2, 0) is 4.79 Å². The molecule has 2 rings (SSSR count). The second-order valence-electron chi connectivity index (χ2n) is 6.68. The van der Waals surface area contributed by atoms with Crippen molar-refractivity contribution in [3.05, 3.63) is 0 Å². The highest BCUT2D eigenvalue weighted by atomic mass is 16.3. The number of rotatable bonds is 2. The van der Waals surface area contributed by atoms with Crippen molar-refractivity contribution >= 4 is 5.91 Å². The standard InChI is InChI=1S/C15H27NO2/c1-12-5-8-16(11-13(2)9-12)14(17)10-15(18)6-3-4-7-15/h12-13,18H,3-11H2,1-2H3. The first-order valence-corrected chi connectivity index (χ1v) is 7.49. The number of carbonyl (C=O) groups is 1. The normalized spacial score (nSPS) is 32.3. The fourth-order valence-electron chi connectivity index (χ4n) is 3.55. The molecule has 1 aliphatic carbocycles. The Balaban J connectivity index is 1.91. The fourth-order valence-corrected chi connectivity index (χ4v) is 3.55. The largest absolute Gasteiger partial charge is 0.389 e. The van der Waals surface area contributed by atoms with Gasteiger partial charge in [0.25, 0.3) is 0 Å². The Morgan fingerprint density at radius 1 is 1.28 bits per heavy atom. The quantitative estimate of drug-likeness (QED) is 0.821. The Bertz CT molecular complexity index is 297. The summed E-state index contributed by atoms with van der Waals surface area (Å²) >= 11 is 0. The van der Waals surface area contributed by atoms with Crippen molar-refractivity contribution in [2.75, 3.05) is 13.1 Å². The monoisotopic (exact) mass is 253 g/mol. The molecule has 1 saturated carbocycles. The van der Waals surface area contributed by atoms with Crippen LogP contribution in [0.25, 0.3) is 0 Å². The summed E-state index contributed by atoms with van der Waals surface area (Å²) in [5, 5.41) is 10.3. The number of likely N-dealkylation sites (tertiary alicyclic amines) is 1. The zero-order valence-electron chi connectivity index (χ0n) is 11.8. The molecule has 0 aromatic rings. The van der Waals surface area contributed by atoms with Crippen molar-refractivity contribution in [3.63, 3.8) is 0 Å². The first kappa shape index (κ1) is 13.9. The summed E-state index contributed by atoms with van der Waals surface area (Å²) in [6.07, 6.45) is 6.40. The van der Waals surface area contributed by atoms with Gasteiger partial charge in [-0.15, -0.1) is 0 Å². The Labute approximate surface area is 111 Å².